The summed E-state index contributed by atoms with van der Waals surface area (Å²) in [6.07, 6.45) is 2.39. The van der Waals surface area contributed by atoms with Crippen LogP contribution in [0, 0.1) is 0 Å². The van der Waals surface area contributed by atoms with Crippen LogP contribution in [0.2, 0.25) is 0 Å². The predicted molar refractivity (Wildman–Crippen MR) is 111 cm³/mol. The molecule has 3 rings (SSSR count). The molecule has 3 heteroatoms. The zero-order valence-electron chi connectivity index (χ0n) is 16.0. The normalized spacial score (nSPS) is 11.8. The summed E-state index contributed by atoms with van der Waals surface area (Å²) in [4.78, 5) is 4.42. The Labute approximate surface area is 160 Å². The summed E-state index contributed by atoms with van der Waals surface area (Å²) >= 11 is 0. The number of phenols is 2. The molecular weight excluding hydrogens is 334 g/mol. The van der Waals surface area contributed by atoms with Crippen molar-refractivity contribution in [3.8, 4) is 11.5 Å². The predicted octanol–water partition coefficient (Wildman–Crippen LogP) is 5.74. The smallest absolute Gasteiger partial charge is 0.141 e. The molecule has 2 N–H and O–H groups in total. The van der Waals surface area contributed by atoms with E-state index >= 15 is 0 Å². The molecule has 0 heterocycles. The molecule has 0 spiro atoms. The van der Waals surface area contributed by atoms with Gasteiger partial charge in [-0.1, -0.05) is 63.2 Å². The zero-order valence-corrected chi connectivity index (χ0v) is 16.0. The molecule has 0 bridgehead atoms. The highest BCUT2D eigenvalue weighted by atomic mass is 16.3. The van der Waals surface area contributed by atoms with Gasteiger partial charge in [-0.15, -0.1) is 0 Å². The van der Waals surface area contributed by atoms with E-state index in [-0.39, 0.29) is 16.9 Å². The number of nitrogens with zero attached hydrogens (tertiary/aromatic N) is 1. The van der Waals surface area contributed by atoms with Crippen LogP contribution in [0.1, 0.15) is 43.0 Å². The van der Waals surface area contributed by atoms with Crippen molar-refractivity contribution in [3.63, 3.8) is 0 Å². The second-order valence-corrected chi connectivity index (χ2v) is 7.77. The fraction of sp³-hybridized carbons (Fsp3) is 0.208. The maximum absolute atomic E-state index is 10.2. The van der Waals surface area contributed by atoms with Gasteiger partial charge in [0.1, 0.15) is 17.2 Å². The second kappa shape index (κ2) is 7.67. The molecule has 3 aromatic carbocycles. The van der Waals surface area contributed by atoms with Crippen LogP contribution in [0.3, 0.4) is 0 Å². The molecule has 0 amide bonds. The lowest BCUT2D eigenvalue weighted by Crippen LogP contribution is -2.10. The molecule has 0 aliphatic carbocycles. The van der Waals surface area contributed by atoms with Gasteiger partial charge in [0.25, 0.3) is 0 Å². The number of hydrogen-bond acceptors (Lipinski definition) is 3. The van der Waals surface area contributed by atoms with Crippen molar-refractivity contribution < 1.29 is 10.2 Å². The van der Waals surface area contributed by atoms with Gasteiger partial charge in [-0.3, -0.25) is 4.99 Å². The molecule has 138 valence electrons. The fourth-order valence-corrected chi connectivity index (χ4v) is 2.88. The quantitative estimate of drug-likeness (QED) is 0.584. The van der Waals surface area contributed by atoms with Crippen LogP contribution in [-0.4, -0.2) is 16.4 Å². The van der Waals surface area contributed by atoms with Gasteiger partial charge in [0.15, 0.2) is 0 Å². The van der Waals surface area contributed by atoms with E-state index in [2.05, 4.69) is 37.9 Å². The first-order chi connectivity index (χ1) is 12.8. The Morgan fingerprint density at radius 2 is 1.52 bits per heavy atom. The van der Waals surface area contributed by atoms with Gasteiger partial charge in [-0.05, 0) is 52.8 Å². The third kappa shape index (κ3) is 4.76. The van der Waals surface area contributed by atoms with Gasteiger partial charge < -0.3 is 10.2 Å². The Hall–Kier alpha value is -3.07. The molecule has 27 heavy (non-hydrogen) atoms. The van der Waals surface area contributed by atoms with Crippen LogP contribution in [0.15, 0.2) is 71.7 Å². The van der Waals surface area contributed by atoms with E-state index < -0.39 is 0 Å². The third-order valence-corrected chi connectivity index (χ3v) is 4.53. The van der Waals surface area contributed by atoms with Crippen molar-refractivity contribution in [1.82, 2.24) is 0 Å². The van der Waals surface area contributed by atoms with Crippen molar-refractivity contribution in [2.24, 2.45) is 4.99 Å². The molecule has 0 aliphatic heterocycles. The van der Waals surface area contributed by atoms with E-state index in [1.807, 2.05) is 42.5 Å². The first-order valence-electron chi connectivity index (χ1n) is 9.06. The van der Waals surface area contributed by atoms with E-state index in [0.717, 1.165) is 17.5 Å². The summed E-state index contributed by atoms with van der Waals surface area (Å²) in [6.45, 7) is 6.35. The highest BCUT2D eigenvalue weighted by molar-refractivity contribution is 5.86. The fourth-order valence-electron chi connectivity index (χ4n) is 2.88. The maximum Gasteiger partial charge on any atom is 0.141 e. The minimum atomic E-state index is -0.0320. The lowest BCUT2D eigenvalue weighted by Gasteiger charge is -2.19. The lowest BCUT2D eigenvalue weighted by atomic mass is 9.87. The lowest BCUT2D eigenvalue weighted by molar-refractivity contribution is 0.473. The van der Waals surface area contributed by atoms with Crippen LogP contribution >= 0.6 is 0 Å². The van der Waals surface area contributed by atoms with Gasteiger partial charge in [0.2, 0.25) is 0 Å². The SMILES string of the molecule is CC(C)(C)c1ccc(O)c(N=Cc2cc(Cc3ccccc3)ccc2O)c1. The van der Waals surface area contributed by atoms with Crippen molar-refractivity contribution >= 4 is 11.9 Å². The Kier molecular flexibility index (Phi) is 5.31. The molecule has 0 saturated carbocycles. The summed E-state index contributed by atoms with van der Waals surface area (Å²) in [5.41, 5.74) is 4.49. The number of hydrogen-bond donors (Lipinski definition) is 2. The van der Waals surface area contributed by atoms with Crippen LogP contribution in [-0.2, 0) is 11.8 Å². The van der Waals surface area contributed by atoms with Crippen molar-refractivity contribution in [2.75, 3.05) is 0 Å². The average Bonchev–Trinajstić information content (AvgIpc) is 2.63. The Bertz CT molecular complexity index is 954. The molecule has 0 fully saturated rings. The maximum atomic E-state index is 10.2. The van der Waals surface area contributed by atoms with Gasteiger partial charge in [-0.2, -0.15) is 0 Å². The molecule has 0 saturated heterocycles. The van der Waals surface area contributed by atoms with Crippen LogP contribution in [0.4, 0.5) is 5.69 Å². The van der Waals surface area contributed by atoms with Gasteiger partial charge >= 0.3 is 0 Å². The highest BCUT2D eigenvalue weighted by Gasteiger charge is 2.15. The largest absolute Gasteiger partial charge is 0.507 e. The van der Waals surface area contributed by atoms with Crippen LogP contribution in [0.25, 0.3) is 0 Å². The van der Waals surface area contributed by atoms with Crippen molar-refractivity contribution in [2.45, 2.75) is 32.6 Å². The van der Waals surface area contributed by atoms with Gasteiger partial charge in [0, 0.05) is 11.8 Å². The van der Waals surface area contributed by atoms with E-state index in [1.165, 1.54) is 5.56 Å². The number of aromatic hydroxyl groups is 2. The molecule has 0 aliphatic rings. The van der Waals surface area contributed by atoms with Gasteiger partial charge in [-0.25, -0.2) is 0 Å². The molecule has 0 aromatic heterocycles. The summed E-state index contributed by atoms with van der Waals surface area (Å²) in [6, 6.07) is 21.2. The first-order valence-corrected chi connectivity index (χ1v) is 9.06. The molecular formula is C24H25NO2. The minimum Gasteiger partial charge on any atom is -0.507 e. The van der Waals surface area contributed by atoms with Crippen molar-refractivity contribution in [1.29, 1.82) is 0 Å². The van der Waals surface area contributed by atoms with Gasteiger partial charge in [0.05, 0.1) is 0 Å². The van der Waals surface area contributed by atoms with Crippen LogP contribution in [0.5, 0.6) is 11.5 Å². The topological polar surface area (TPSA) is 52.8 Å². The Morgan fingerprint density at radius 3 is 2.22 bits per heavy atom. The molecule has 0 radical (unpaired) electrons. The summed E-state index contributed by atoms with van der Waals surface area (Å²) in [5, 5.41) is 20.3. The number of aliphatic imine (C=N–C) groups is 1. The monoisotopic (exact) mass is 359 g/mol. The third-order valence-electron chi connectivity index (χ3n) is 4.53. The van der Waals surface area contributed by atoms with E-state index in [0.29, 0.717) is 11.3 Å². The molecule has 0 atom stereocenters. The van der Waals surface area contributed by atoms with Crippen LogP contribution < -0.4 is 0 Å². The number of benzene rings is 3. The zero-order chi connectivity index (χ0) is 19.4. The average molecular weight is 359 g/mol. The first kappa shape index (κ1) is 18.7. The molecule has 3 aromatic rings. The summed E-state index contributed by atoms with van der Waals surface area (Å²) < 4.78 is 0. The van der Waals surface area contributed by atoms with E-state index in [9.17, 15) is 10.2 Å². The minimum absolute atomic E-state index is 0.0320. The Morgan fingerprint density at radius 1 is 0.815 bits per heavy atom. The van der Waals surface area contributed by atoms with Crippen molar-refractivity contribution in [3.05, 3.63) is 89.0 Å². The highest BCUT2D eigenvalue weighted by Crippen LogP contribution is 2.32. The number of phenolic OH excluding ortho intramolecular Hbond substituents is 2. The summed E-state index contributed by atoms with van der Waals surface area (Å²) in [5.74, 6) is 0.293. The standard InChI is InChI=1S/C24H25NO2/c1-24(2,3)20-10-12-23(27)21(15-20)25-16-19-14-18(9-11-22(19)26)13-17-7-5-4-6-8-17/h4-12,14-16,26-27H,13H2,1-3H3. The summed E-state index contributed by atoms with van der Waals surface area (Å²) in [7, 11) is 0. The van der Waals surface area contributed by atoms with E-state index in [4.69, 9.17) is 0 Å². The number of rotatable bonds is 4. The second-order valence-electron chi connectivity index (χ2n) is 7.77. The van der Waals surface area contributed by atoms with E-state index in [1.54, 1.807) is 18.3 Å². The molecule has 3 nitrogen and oxygen atoms in total. The Balaban J connectivity index is 1.88. The molecule has 0 unspecified atom stereocenters.